The highest BCUT2D eigenvalue weighted by molar-refractivity contribution is 6.30. The Labute approximate surface area is 201 Å². The summed E-state index contributed by atoms with van der Waals surface area (Å²) in [5, 5.41) is 3.80. The number of piperazine rings is 1. The molecule has 0 saturated carbocycles. The average Bonchev–Trinajstić information content (AvgIpc) is 2.84. The second-order valence-electron chi connectivity index (χ2n) is 8.64. The van der Waals surface area contributed by atoms with Gasteiger partial charge in [0.25, 0.3) is 0 Å². The lowest BCUT2D eigenvalue weighted by atomic mass is 10.0. The lowest BCUT2D eigenvalue weighted by molar-refractivity contribution is -0.137. The van der Waals surface area contributed by atoms with Gasteiger partial charge in [-0.15, -0.1) is 0 Å². The van der Waals surface area contributed by atoms with Gasteiger partial charge in [0.05, 0.1) is 10.6 Å². The van der Waals surface area contributed by atoms with Crippen LogP contribution in [0.4, 0.5) is 24.8 Å². The monoisotopic (exact) mass is 496 g/mol. The minimum atomic E-state index is -4.39. The fourth-order valence-corrected chi connectivity index (χ4v) is 4.41. The molecule has 4 heterocycles. The SMILES string of the molecule is O=C(CCN1CCN(c2ccc(Cl)cn2)CC1)N1CCC(Nc2ccc(C(F)(F)F)cn2)CC1. The third kappa shape index (κ3) is 6.50. The van der Waals surface area contributed by atoms with E-state index in [0.717, 1.165) is 63.6 Å². The van der Waals surface area contributed by atoms with Crippen LogP contribution in [0.3, 0.4) is 0 Å². The fourth-order valence-electron chi connectivity index (χ4n) is 4.30. The van der Waals surface area contributed by atoms with E-state index in [9.17, 15) is 18.0 Å². The fraction of sp³-hybridized carbons (Fsp3) is 0.522. The molecule has 2 fully saturated rings. The first-order valence-electron chi connectivity index (χ1n) is 11.4. The van der Waals surface area contributed by atoms with Crippen molar-refractivity contribution in [2.45, 2.75) is 31.5 Å². The molecule has 4 rings (SSSR count). The zero-order valence-corrected chi connectivity index (χ0v) is 19.5. The van der Waals surface area contributed by atoms with Gasteiger partial charge in [0, 0.05) is 70.7 Å². The molecule has 184 valence electrons. The lowest BCUT2D eigenvalue weighted by Crippen LogP contribution is -2.48. The molecule has 2 aliphatic heterocycles. The number of anilines is 2. The number of hydrogen-bond acceptors (Lipinski definition) is 6. The normalized spacial score (nSPS) is 18.2. The quantitative estimate of drug-likeness (QED) is 0.657. The third-order valence-corrected chi connectivity index (χ3v) is 6.56. The van der Waals surface area contributed by atoms with Gasteiger partial charge < -0.3 is 15.1 Å². The number of carbonyl (C=O) groups is 1. The highest BCUT2D eigenvalue weighted by Gasteiger charge is 2.31. The Morgan fingerprint density at radius 1 is 1.00 bits per heavy atom. The van der Waals surface area contributed by atoms with Gasteiger partial charge in [-0.25, -0.2) is 9.97 Å². The number of aromatic nitrogens is 2. The number of hydrogen-bond donors (Lipinski definition) is 1. The van der Waals surface area contributed by atoms with E-state index in [2.05, 4.69) is 25.1 Å². The highest BCUT2D eigenvalue weighted by atomic mass is 35.5. The van der Waals surface area contributed by atoms with E-state index in [-0.39, 0.29) is 11.9 Å². The Hall–Kier alpha value is -2.59. The van der Waals surface area contributed by atoms with Crippen molar-refractivity contribution in [3.63, 3.8) is 0 Å². The van der Waals surface area contributed by atoms with Crippen molar-refractivity contribution in [1.82, 2.24) is 19.8 Å². The van der Waals surface area contributed by atoms with Gasteiger partial charge in [0.15, 0.2) is 0 Å². The summed E-state index contributed by atoms with van der Waals surface area (Å²) < 4.78 is 38.0. The Balaban J connectivity index is 1.15. The molecule has 2 aromatic heterocycles. The van der Waals surface area contributed by atoms with E-state index in [1.807, 2.05) is 17.0 Å². The minimum absolute atomic E-state index is 0.0860. The zero-order valence-electron chi connectivity index (χ0n) is 18.8. The van der Waals surface area contributed by atoms with Crippen LogP contribution in [0, 0.1) is 0 Å². The smallest absolute Gasteiger partial charge is 0.367 e. The number of pyridine rings is 2. The topological polar surface area (TPSA) is 64.6 Å². The van der Waals surface area contributed by atoms with Gasteiger partial charge in [-0.2, -0.15) is 13.2 Å². The molecule has 2 saturated heterocycles. The Kier molecular flexibility index (Phi) is 7.77. The standard InChI is InChI=1S/C23H28ClF3N6O/c24-18-2-4-21(29-16-18)32-13-11-31(12-14-32)8-7-22(34)33-9-5-19(6-10-33)30-20-3-1-17(15-28-20)23(25,26)27/h1-4,15-16,19H,5-14H2,(H,28,30). The van der Waals surface area contributed by atoms with Crippen LogP contribution in [0.15, 0.2) is 36.7 Å². The number of amides is 1. The molecule has 11 heteroatoms. The number of piperidine rings is 1. The molecule has 0 radical (unpaired) electrons. The van der Waals surface area contributed by atoms with Crippen molar-refractivity contribution in [3.05, 3.63) is 47.2 Å². The number of alkyl halides is 3. The summed E-state index contributed by atoms with van der Waals surface area (Å²) in [6.45, 7) is 5.47. The van der Waals surface area contributed by atoms with E-state index in [1.165, 1.54) is 6.07 Å². The predicted molar refractivity (Wildman–Crippen MR) is 125 cm³/mol. The summed E-state index contributed by atoms with van der Waals surface area (Å²) >= 11 is 5.91. The van der Waals surface area contributed by atoms with Crippen molar-refractivity contribution in [2.24, 2.45) is 0 Å². The van der Waals surface area contributed by atoms with Gasteiger partial charge in [-0.1, -0.05) is 11.6 Å². The van der Waals surface area contributed by atoms with E-state index in [1.54, 1.807) is 6.20 Å². The number of carbonyl (C=O) groups excluding carboxylic acids is 1. The van der Waals surface area contributed by atoms with Crippen LogP contribution in [-0.2, 0) is 11.0 Å². The van der Waals surface area contributed by atoms with Gasteiger partial charge in [-0.3, -0.25) is 9.69 Å². The van der Waals surface area contributed by atoms with Gasteiger partial charge in [-0.05, 0) is 37.1 Å². The molecule has 0 aliphatic carbocycles. The van der Waals surface area contributed by atoms with Crippen LogP contribution in [0.2, 0.25) is 5.02 Å². The van der Waals surface area contributed by atoms with Gasteiger partial charge >= 0.3 is 6.18 Å². The maximum atomic E-state index is 12.7. The summed E-state index contributed by atoms with van der Waals surface area (Å²) in [5.74, 6) is 1.49. The van der Waals surface area contributed by atoms with Crippen LogP contribution >= 0.6 is 11.6 Å². The minimum Gasteiger partial charge on any atom is -0.367 e. The molecule has 0 unspecified atom stereocenters. The molecule has 0 bridgehead atoms. The van der Waals surface area contributed by atoms with Crippen LogP contribution < -0.4 is 10.2 Å². The largest absolute Gasteiger partial charge is 0.417 e. The van der Waals surface area contributed by atoms with Crippen molar-refractivity contribution < 1.29 is 18.0 Å². The molecule has 2 aromatic rings. The molecular weight excluding hydrogens is 469 g/mol. The molecule has 34 heavy (non-hydrogen) atoms. The van der Waals surface area contributed by atoms with Crippen molar-refractivity contribution >= 4 is 29.1 Å². The second kappa shape index (κ2) is 10.8. The molecule has 1 amide bonds. The lowest BCUT2D eigenvalue weighted by Gasteiger charge is -2.36. The molecule has 0 spiro atoms. The van der Waals surface area contributed by atoms with Crippen LogP contribution in [-0.4, -0.2) is 77.5 Å². The first kappa shape index (κ1) is 24.5. The summed E-state index contributed by atoms with van der Waals surface area (Å²) in [6.07, 6.45) is 0.0618. The molecule has 0 aromatic carbocycles. The van der Waals surface area contributed by atoms with E-state index in [4.69, 9.17) is 11.6 Å². The number of likely N-dealkylation sites (tertiary alicyclic amines) is 1. The molecule has 7 nitrogen and oxygen atoms in total. The average molecular weight is 497 g/mol. The molecule has 0 atom stereocenters. The van der Waals surface area contributed by atoms with E-state index < -0.39 is 11.7 Å². The summed E-state index contributed by atoms with van der Waals surface area (Å²) in [6, 6.07) is 6.23. The maximum absolute atomic E-state index is 12.7. The van der Waals surface area contributed by atoms with Gasteiger partial charge in [0.1, 0.15) is 11.6 Å². The van der Waals surface area contributed by atoms with Crippen molar-refractivity contribution in [1.29, 1.82) is 0 Å². The first-order chi connectivity index (χ1) is 16.3. The summed E-state index contributed by atoms with van der Waals surface area (Å²) in [4.78, 5) is 27.3. The third-order valence-electron chi connectivity index (χ3n) is 6.34. The van der Waals surface area contributed by atoms with Crippen molar-refractivity contribution in [2.75, 3.05) is 56.0 Å². The Morgan fingerprint density at radius 2 is 1.74 bits per heavy atom. The highest BCUT2D eigenvalue weighted by Crippen LogP contribution is 2.29. The first-order valence-corrected chi connectivity index (χ1v) is 11.8. The Morgan fingerprint density at radius 3 is 2.32 bits per heavy atom. The predicted octanol–water partition coefficient (Wildman–Crippen LogP) is 3.76. The summed E-state index contributed by atoms with van der Waals surface area (Å²) in [7, 11) is 0. The molecule has 2 aliphatic rings. The summed E-state index contributed by atoms with van der Waals surface area (Å²) in [5.41, 5.74) is -0.762. The number of nitrogens with zero attached hydrogens (tertiary/aromatic N) is 5. The van der Waals surface area contributed by atoms with E-state index in [0.29, 0.717) is 30.4 Å². The van der Waals surface area contributed by atoms with Crippen molar-refractivity contribution in [3.8, 4) is 0 Å². The van der Waals surface area contributed by atoms with Gasteiger partial charge in [0.2, 0.25) is 5.91 Å². The molecular formula is C23H28ClF3N6O. The van der Waals surface area contributed by atoms with Crippen LogP contribution in [0.1, 0.15) is 24.8 Å². The molecule has 1 N–H and O–H groups in total. The van der Waals surface area contributed by atoms with E-state index >= 15 is 0 Å². The zero-order chi connectivity index (χ0) is 24.1. The number of rotatable bonds is 6. The maximum Gasteiger partial charge on any atom is 0.417 e. The number of halogens is 4. The number of nitrogens with one attached hydrogen (secondary N) is 1. The van der Waals surface area contributed by atoms with Crippen LogP contribution in [0.5, 0.6) is 0 Å². The van der Waals surface area contributed by atoms with Crippen LogP contribution in [0.25, 0.3) is 0 Å². The second-order valence-corrected chi connectivity index (χ2v) is 9.08. The Bertz CT molecular complexity index is 941.